The molecular weight excluding hydrogens is 240 g/mol. The summed E-state index contributed by atoms with van der Waals surface area (Å²) in [5.74, 6) is -0.222. The summed E-state index contributed by atoms with van der Waals surface area (Å²) < 4.78 is 4.63. The number of aromatic nitrogens is 4. The predicted octanol–water partition coefficient (Wildman–Crippen LogP) is 1.40. The average molecular weight is 252 g/mol. The number of rotatable bonds is 4. The van der Waals surface area contributed by atoms with Crippen LogP contribution in [-0.2, 0) is 9.53 Å². The van der Waals surface area contributed by atoms with E-state index in [9.17, 15) is 4.79 Å². The molecule has 0 bridgehead atoms. The number of carbonyl (C=O) groups is 1. The molecule has 2 aromatic heterocycles. The van der Waals surface area contributed by atoms with Gasteiger partial charge in [-0.1, -0.05) is 6.92 Å². The van der Waals surface area contributed by atoms with E-state index in [0.29, 0.717) is 12.1 Å². The van der Waals surface area contributed by atoms with Gasteiger partial charge in [-0.2, -0.15) is 0 Å². The fourth-order valence-electron chi connectivity index (χ4n) is 1.38. The summed E-state index contributed by atoms with van der Waals surface area (Å²) in [4.78, 5) is 26.4. The molecule has 7 heteroatoms. The number of thioether (sulfide) groups is 1. The molecule has 0 fully saturated rings. The van der Waals surface area contributed by atoms with Crippen LogP contribution in [0.3, 0.4) is 0 Å². The molecule has 0 radical (unpaired) electrons. The quantitative estimate of drug-likeness (QED) is 0.503. The molecule has 0 aliphatic heterocycles. The second kappa shape index (κ2) is 5.13. The van der Waals surface area contributed by atoms with Crippen molar-refractivity contribution in [3.63, 3.8) is 0 Å². The van der Waals surface area contributed by atoms with Gasteiger partial charge in [0.1, 0.15) is 16.9 Å². The summed E-state index contributed by atoms with van der Waals surface area (Å²) in [6, 6.07) is 0. The number of carbonyl (C=O) groups excluding carboxylic acids is 1. The Kier molecular flexibility index (Phi) is 3.58. The molecule has 90 valence electrons. The summed E-state index contributed by atoms with van der Waals surface area (Å²) in [5, 5.41) is 0.882. The van der Waals surface area contributed by atoms with Gasteiger partial charge in [-0.25, -0.2) is 15.0 Å². The molecule has 1 unspecified atom stereocenters. The number of fused-ring (bicyclic) bond motifs is 1. The molecule has 6 nitrogen and oxygen atoms in total. The van der Waals surface area contributed by atoms with Crippen molar-refractivity contribution in [2.24, 2.45) is 0 Å². The zero-order valence-corrected chi connectivity index (χ0v) is 10.3. The van der Waals surface area contributed by atoms with E-state index in [1.54, 1.807) is 6.33 Å². The molecule has 17 heavy (non-hydrogen) atoms. The lowest BCUT2D eigenvalue weighted by Gasteiger charge is -2.08. The molecule has 0 amide bonds. The topological polar surface area (TPSA) is 80.8 Å². The highest BCUT2D eigenvalue weighted by Crippen LogP contribution is 2.27. The second-order valence-electron chi connectivity index (χ2n) is 3.49. The van der Waals surface area contributed by atoms with Gasteiger partial charge in [0.05, 0.1) is 19.9 Å². The number of esters is 1. The number of aromatic amines is 1. The summed E-state index contributed by atoms with van der Waals surface area (Å²) in [6.07, 6.45) is 3.39. The van der Waals surface area contributed by atoms with Gasteiger partial charge in [-0.15, -0.1) is 11.8 Å². The number of methoxy groups -OCH3 is 1. The molecule has 2 rings (SSSR count). The Balaban J connectivity index is 2.12. The SMILES string of the molecule is COC(=O)CC(C)Sc1ncnc2nc[nH]c12. The smallest absolute Gasteiger partial charge is 0.306 e. The number of nitrogens with one attached hydrogen (secondary N) is 1. The number of hydrogen-bond acceptors (Lipinski definition) is 6. The van der Waals surface area contributed by atoms with Crippen LogP contribution in [0.4, 0.5) is 0 Å². The molecule has 0 aliphatic rings. The van der Waals surface area contributed by atoms with Gasteiger partial charge < -0.3 is 9.72 Å². The van der Waals surface area contributed by atoms with Crippen LogP contribution in [-0.4, -0.2) is 38.3 Å². The normalized spacial score (nSPS) is 12.6. The summed E-state index contributed by atoms with van der Waals surface area (Å²) in [5.41, 5.74) is 1.43. The Bertz CT molecular complexity index is 528. The highest BCUT2D eigenvalue weighted by atomic mass is 32.2. The molecule has 0 saturated heterocycles. The largest absolute Gasteiger partial charge is 0.469 e. The van der Waals surface area contributed by atoms with Crippen LogP contribution in [0.5, 0.6) is 0 Å². The first-order valence-electron chi connectivity index (χ1n) is 5.08. The van der Waals surface area contributed by atoms with Gasteiger partial charge >= 0.3 is 5.97 Å². The molecule has 2 heterocycles. The van der Waals surface area contributed by atoms with Crippen molar-refractivity contribution in [2.75, 3.05) is 7.11 Å². The van der Waals surface area contributed by atoms with E-state index >= 15 is 0 Å². The van der Waals surface area contributed by atoms with Crippen molar-refractivity contribution < 1.29 is 9.53 Å². The van der Waals surface area contributed by atoms with E-state index in [2.05, 4.69) is 24.7 Å². The predicted molar refractivity (Wildman–Crippen MR) is 63.6 cm³/mol. The molecular formula is C10H12N4O2S. The van der Waals surface area contributed by atoms with Crippen LogP contribution in [0.15, 0.2) is 17.7 Å². The minimum Gasteiger partial charge on any atom is -0.469 e. The maximum absolute atomic E-state index is 11.1. The molecule has 1 atom stereocenters. The lowest BCUT2D eigenvalue weighted by atomic mass is 10.3. The van der Waals surface area contributed by atoms with Crippen LogP contribution >= 0.6 is 11.8 Å². The second-order valence-corrected chi connectivity index (χ2v) is 4.92. The first-order valence-corrected chi connectivity index (χ1v) is 5.96. The van der Waals surface area contributed by atoms with E-state index in [4.69, 9.17) is 0 Å². The molecule has 1 N–H and O–H groups in total. The number of H-pyrrole nitrogens is 1. The number of hydrogen-bond donors (Lipinski definition) is 1. The molecule has 0 spiro atoms. The molecule has 0 aliphatic carbocycles. The molecule has 0 saturated carbocycles. The lowest BCUT2D eigenvalue weighted by molar-refractivity contribution is -0.140. The van der Waals surface area contributed by atoms with Crippen LogP contribution in [0, 0.1) is 0 Å². The third-order valence-corrected chi connectivity index (χ3v) is 3.28. The monoisotopic (exact) mass is 252 g/mol. The minimum atomic E-state index is -0.222. The van der Waals surface area contributed by atoms with E-state index in [1.807, 2.05) is 6.92 Å². The summed E-state index contributed by atoms with van der Waals surface area (Å²) in [6.45, 7) is 1.95. The maximum Gasteiger partial charge on any atom is 0.306 e. The zero-order valence-electron chi connectivity index (χ0n) is 9.51. The Morgan fingerprint density at radius 3 is 3.12 bits per heavy atom. The van der Waals surface area contributed by atoms with Gasteiger partial charge in [0.2, 0.25) is 0 Å². The fraction of sp³-hybridized carbons (Fsp3) is 0.400. The van der Waals surface area contributed by atoms with E-state index < -0.39 is 0 Å². The Morgan fingerprint density at radius 1 is 1.53 bits per heavy atom. The van der Waals surface area contributed by atoms with Crippen LogP contribution in [0.2, 0.25) is 0 Å². The summed E-state index contributed by atoms with van der Waals surface area (Å²) >= 11 is 1.50. The van der Waals surface area contributed by atoms with Gasteiger partial charge in [0, 0.05) is 5.25 Å². The van der Waals surface area contributed by atoms with Crippen molar-refractivity contribution in [3.8, 4) is 0 Å². The molecule has 0 aromatic carbocycles. The summed E-state index contributed by atoms with van der Waals surface area (Å²) in [7, 11) is 1.39. The van der Waals surface area contributed by atoms with Gasteiger partial charge in [0.15, 0.2) is 5.65 Å². The van der Waals surface area contributed by atoms with Crippen molar-refractivity contribution >= 4 is 28.9 Å². The van der Waals surface area contributed by atoms with E-state index in [0.717, 1.165) is 10.5 Å². The van der Waals surface area contributed by atoms with Crippen molar-refractivity contribution in [1.29, 1.82) is 0 Å². The van der Waals surface area contributed by atoms with Crippen LogP contribution < -0.4 is 0 Å². The number of nitrogens with zero attached hydrogens (tertiary/aromatic N) is 3. The van der Waals surface area contributed by atoms with Gasteiger partial charge in [0.25, 0.3) is 0 Å². The lowest BCUT2D eigenvalue weighted by Crippen LogP contribution is -2.08. The highest BCUT2D eigenvalue weighted by Gasteiger charge is 2.14. The van der Waals surface area contributed by atoms with Crippen LogP contribution in [0.1, 0.15) is 13.3 Å². The minimum absolute atomic E-state index is 0.0869. The maximum atomic E-state index is 11.1. The highest BCUT2D eigenvalue weighted by molar-refractivity contribution is 8.00. The average Bonchev–Trinajstić information content (AvgIpc) is 2.78. The zero-order chi connectivity index (χ0) is 12.3. The number of ether oxygens (including phenoxy) is 1. The first kappa shape index (κ1) is 11.8. The van der Waals surface area contributed by atoms with Gasteiger partial charge in [-0.05, 0) is 0 Å². The first-order chi connectivity index (χ1) is 8.20. The Labute approximate surface area is 102 Å². The Morgan fingerprint density at radius 2 is 2.35 bits per heavy atom. The fourth-order valence-corrected chi connectivity index (χ4v) is 2.36. The van der Waals surface area contributed by atoms with Crippen molar-refractivity contribution in [3.05, 3.63) is 12.7 Å². The van der Waals surface area contributed by atoms with E-state index in [-0.39, 0.29) is 11.2 Å². The van der Waals surface area contributed by atoms with Crippen molar-refractivity contribution in [1.82, 2.24) is 19.9 Å². The standard InChI is InChI=1S/C10H12N4O2S/c1-6(3-7(15)16-2)17-10-8-9(12-4-11-8)13-5-14-10/h4-6H,3H2,1-2H3,(H,11,12,13,14). The number of imidazole rings is 1. The van der Waals surface area contributed by atoms with Crippen molar-refractivity contribution in [2.45, 2.75) is 23.6 Å². The third kappa shape index (κ3) is 2.73. The third-order valence-electron chi connectivity index (χ3n) is 2.18. The van der Waals surface area contributed by atoms with E-state index in [1.165, 1.54) is 25.2 Å². The molecule has 2 aromatic rings. The Hall–Kier alpha value is -1.63. The van der Waals surface area contributed by atoms with Crippen LogP contribution in [0.25, 0.3) is 11.2 Å². The van der Waals surface area contributed by atoms with Gasteiger partial charge in [-0.3, -0.25) is 4.79 Å².